The van der Waals surface area contributed by atoms with Gasteiger partial charge in [-0.2, -0.15) is 0 Å². The van der Waals surface area contributed by atoms with Crippen molar-refractivity contribution in [3.05, 3.63) is 0 Å². The Morgan fingerprint density at radius 3 is 1.07 bits per heavy atom. The zero-order valence-corrected chi connectivity index (χ0v) is 22.0. The molecule has 10 heteroatoms. The molecule has 0 amide bonds. The van der Waals surface area contributed by atoms with Crippen LogP contribution in [-0.2, 0) is 33.4 Å². The van der Waals surface area contributed by atoms with Gasteiger partial charge in [0, 0.05) is 0 Å². The second kappa shape index (κ2) is 16.5. The number of rotatable bonds is 7. The summed E-state index contributed by atoms with van der Waals surface area (Å²) in [4.78, 5) is 45.2. The van der Waals surface area contributed by atoms with E-state index in [0.717, 1.165) is 0 Å². The van der Waals surface area contributed by atoms with Crippen molar-refractivity contribution >= 4 is 23.9 Å². The first-order valence-corrected chi connectivity index (χ1v) is 9.37. The summed E-state index contributed by atoms with van der Waals surface area (Å²) in [6.07, 6.45) is 0. The van der Waals surface area contributed by atoms with Crippen molar-refractivity contribution in [1.29, 1.82) is 0 Å². The minimum atomic E-state index is -1.13. The Labute approximate surface area is 201 Å². The molecule has 0 aliphatic carbocycles. The van der Waals surface area contributed by atoms with Crippen LogP contribution in [0.4, 0.5) is 0 Å². The number of hydrogen-bond acceptors (Lipinski definition) is 8. The number of esters is 3. The van der Waals surface area contributed by atoms with Crippen LogP contribution in [0.25, 0.3) is 0 Å². The van der Waals surface area contributed by atoms with Gasteiger partial charge in [0.25, 0.3) is 0 Å². The van der Waals surface area contributed by atoms with Crippen LogP contribution >= 0.6 is 0 Å². The number of carboxylic acid groups (broad SMARTS) is 1. The minimum Gasteiger partial charge on any atom is -0.870 e. The summed E-state index contributed by atoms with van der Waals surface area (Å²) in [6.45, 7) is 16.3. The van der Waals surface area contributed by atoms with Crippen molar-refractivity contribution in [2.75, 3.05) is 19.8 Å². The molecular weight excluding hydrogens is 407 g/mol. The molecule has 0 aromatic rings. The van der Waals surface area contributed by atoms with Gasteiger partial charge in [0.1, 0.15) is 0 Å². The summed E-state index contributed by atoms with van der Waals surface area (Å²) in [5.41, 5.74) is -1.10. The molecule has 1 unspecified atom stereocenters. The third-order valence-corrected chi connectivity index (χ3v) is 3.55. The van der Waals surface area contributed by atoms with Crippen LogP contribution in [0, 0.1) is 22.7 Å². The van der Waals surface area contributed by atoms with Gasteiger partial charge in [0.05, 0.1) is 19.8 Å². The zero-order valence-electron chi connectivity index (χ0n) is 20.0. The maximum absolute atomic E-state index is 11.6. The molecule has 0 aromatic carbocycles. The molecular formula is C20H37NaO9. The van der Waals surface area contributed by atoms with Crippen molar-refractivity contribution in [2.45, 2.75) is 62.3 Å². The van der Waals surface area contributed by atoms with E-state index in [1.165, 1.54) is 0 Å². The van der Waals surface area contributed by atoms with E-state index in [2.05, 4.69) is 4.74 Å². The minimum absolute atomic E-state index is 0. The molecule has 0 saturated heterocycles. The SMILES string of the molecule is CCOC(=O)C(C(=O)O)C(C)(C)C.CCOC(=O)C(C(=O)OCC)C(C)(C)C.[Na+].[OH-]. The van der Waals surface area contributed by atoms with Crippen molar-refractivity contribution in [3.63, 3.8) is 0 Å². The average molecular weight is 444 g/mol. The van der Waals surface area contributed by atoms with Crippen LogP contribution in [0.15, 0.2) is 0 Å². The quantitative estimate of drug-likeness (QED) is 0.246. The number of ether oxygens (including phenoxy) is 3. The predicted molar refractivity (Wildman–Crippen MR) is 105 cm³/mol. The molecule has 9 nitrogen and oxygen atoms in total. The van der Waals surface area contributed by atoms with Crippen LogP contribution in [0.5, 0.6) is 0 Å². The standard InChI is InChI=1S/C11H20O4.C9H16O4.Na.H2O/c1-6-14-9(12)8(11(3,4)5)10(13)15-7-2;1-5-13-8(12)6(7(10)11)9(2,3)4;;/h8H,6-7H2,1-5H3;6H,5H2,1-4H3,(H,10,11);;1H2/q;;+1;/p-1. The molecule has 30 heavy (non-hydrogen) atoms. The summed E-state index contributed by atoms with van der Waals surface area (Å²) < 4.78 is 14.4. The molecule has 0 rings (SSSR count). The molecule has 0 spiro atoms. The van der Waals surface area contributed by atoms with E-state index in [9.17, 15) is 19.2 Å². The Balaban J connectivity index is -0.000000213. The summed E-state index contributed by atoms with van der Waals surface area (Å²) in [5.74, 6) is -4.76. The van der Waals surface area contributed by atoms with E-state index in [0.29, 0.717) is 0 Å². The fourth-order valence-electron chi connectivity index (χ4n) is 2.30. The van der Waals surface area contributed by atoms with Gasteiger partial charge in [0.15, 0.2) is 11.8 Å². The van der Waals surface area contributed by atoms with Crippen LogP contribution in [0.3, 0.4) is 0 Å². The smallest absolute Gasteiger partial charge is 0.870 e. The Kier molecular flexibility index (Phi) is 20.0. The van der Waals surface area contributed by atoms with Gasteiger partial charge < -0.3 is 24.8 Å². The van der Waals surface area contributed by atoms with Crippen LogP contribution in [0.1, 0.15) is 62.3 Å². The van der Waals surface area contributed by atoms with E-state index in [1.54, 1.807) is 41.5 Å². The fourth-order valence-corrected chi connectivity index (χ4v) is 2.30. The first-order valence-electron chi connectivity index (χ1n) is 9.37. The van der Waals surface area contributed by atoms with Crippen LogP contribution < -0.4 is 29.6 Å². The number of hydrogen-bond donors (Lipinski definition) is 1. The summed E-state index contributed by atoms with van der Waals surface area (Å²) in [6, 6.07) is 0. The molecule has 0 radical (unpaired) electrons. The van der Waals surface area contributed by atoms with E-state index in [1.807, 2.05) is 20.8 Å². The third kappa shape index (κ3) is 14.0. The Bertz CT molecular complexity index is 515. The maximum atomic E-state index is 11.6. The Hall–Kier alpha value is -1.16. The Morgan fingerprint density at radius 1 is 0.667 bits per heavy atom. The molecule has 172 valence electrons. The third-order valence-electron chi connectivity index (χ3n) is 3.55. The Morgan fingerprint density at radius 2 is 0.900 bits per heavy atom. The normalized spacial score (nSPS) is 11.5. The van der Waals surface area contributed by atoms with E-state index < -0.39 is 46.5 Å². The van der Waals surface area contributed by atoms with Crippen LogP contribution in [-0.4, -0.2) is 54.3 Å². The van der Waals surface area contributed by atoms with Crippen molar-refractivity contribution in [3.8, 4) is 0 Å². The second-order valence-corrected chi connectivity index (χ2v) is 8.19. The molecule has 0 heterocycles. The zero-order chi connectivity index (χ0) is 22.7. The average Bonchev–Trinajstić information content (AvgIpc) is 2.45. The molecule has 0 aliphatic rings. The molecule has 1 atom stereocenters. The van der Waals surface area contributed by atoms with Crippen LogP contribution in [0.2, 0.25) is 0 Å². The molecule has 0 aromatic heterocycles. The largest absolute Gasteiger partial charge is 1.00 e. The number of aliphatic carboxylic acids is 1. The second-order valence-electron chi connectivity index (χ2n) is 8.19. The number of carbonyl (C=O) groups excluding carboxylic acids is 3. The topological polar surface area (TPSA) is 146 Å². The maximum Gasteiger partial charge on any atom is 1.00 e. The molecule has 0 saturated carbocycles. The number of carbonyl (C=O) groups is 4. The van der Waals surface area contributed by atoms with E-state index >= 15 is 0 Å². The van der Waals surface area contributed by atoms with Gasteiger partial charge in [-0.1, -0.05) is 41.5 Å². The number of carboxylic acids is 1. The summed E-state index contributed by atoms with van der Waals surface area (Å²) in [5, 5.41) is 8.81. The first-order chi connectivity index (χ1) is 12.6. The van der Waals surface area contributed by atoms with Crippen molar-refractivity contribution in [1.82, 2.24) is 0 Å². The first kappa shape index (κ1) is 36.2. The van der Waals surface area contributed by atoms with E-state index in [-0.39, 0.29) is 54.9 Å². The molecule has 2 N–H and O–H groups in total. The summed E-state index contributed by atoms with van der Waals surface area (Å²) >= 11 is 0. The van der Waals surface area contributed by atoms with Gasteiger partial charge in [-0.25, -0.2) is 0 Å². The molecule has 0 fully saturated rings. The predicted octanol–water partition coefficient (Wildman–Crippen LogP) is -0.101. The van der Waals surface area contributed by atoms with Crippen molar-refractivity contribution in [2.24, 2.45) is 22.7 Å². The fraction of sp³-hybridized carbons (Fsp3) is 0.800. The summed E-state index contributed by atoms with van der Waals surface area (Å²) in [7, 11) is 0. The molecule has 0 bridgehead atoms. The molecule has 0 aliphatic heterocycles. The van der Waals surface area contributed by atoms with Gasteiger partial charge in [-0.15, -0.1) is 0 Å². The van der Waals surface area contributed by atoms with E-state index in [4.69, 9.17) is 14.6 Å². The van der Waals surface area contributed by atoms with Gasteiger partial charge in [-0.3, -0.25) is 19.2 Å². The van der Waals surface area contributed by atoms with Crippen molar-refractivity contribution < 1.29 is 73.5 Å². The monoisotopic (exact) mass is 444 g/mol. The van der Waals surface area contributed by atoms with Gasteiger partial charge >= 0.3 is 53.4 Å². The van der Waals surface area contributed by atoms with Gasteiger partial charge in [0.2, 0.25) is 0 Å². The van der Waals surface area contributed by atoms with Gasteiger partial charge in [-0.05, 0) is 31.6 Å².